The highest BCUT2D eigenvalue weighted by atomic mass is 79.9. The number of halogens is 3. The predicted molar refractivity (Wildman–Crippen MR) is 176 cm³/mol. The fraction of sp³-hybridized carbons (Fsp3) is 0.226. The molecule has 45 heavy (non-hydrogen) atoms. The first-order valence-corrected chi connectivity index (χ1v) is 15.5. The average Bonchev–Trinajstić information content (AvgIpc) is 3.00. The van der Waals surface area contributed by atoms with E-state index in [1.165, 1.54) is 13.3 Å². The minimum atomic E-state index is -0.781. The molecule has 4 rings (SSSR count). The number of ether oxygens (including phenoxy) is 4. The third kappa shape index (κ3) is 8.99. The molecule has 0 saturated carbocycles. The number of carbonyl (C=O) groups is 3. The number of esters is 1. The third-order valence-corrected chi connectivity index (χ3v) is 7.67. The van der Waals surface area contributed by atoms with Crippen molar-refractivity contribution in [3.05, 3.63) is 96.5 Å². The van der Waals surface area contributed by atoms with Crippen molar-refractivity contribution < 1.29 is 33.3 Å². The van der Waals surface area contributed by atoms with Crippen LogP contribution in [0, 0.1) is 0 Å². The number of methoxy groups -OCH3 is 1. The average molecular weight is 765 g/mol. The van der Waals surface area contributed by atoms with E-state index >= 15 is 0 Å². The molecule has 0 aliphatic carbocycles. The minimum absolute atomic E-state index is 0.179. The molecule has 0 fully saturated rings. The molecule has 1 atom stereocenters. The van der Waals surface area contributed by atoms with Crippen LogP contribution in [0.4, 0.5) is 4.79 Å². The summed E-state index contributed by atoms with van der Waals surface area (Å²) in [5.74, 6) is 0.0170. The Morgan fingerprint density at radius 3 is 2.53 bits per heavy atom. The van der Waals surface area contributed by atoms with Crippen LogP contribution in [-0.4, -0.2) is 44.4 Å². The summed E-state index contributed by atoms with van der Waals surface area (Å²) in [6.45, 7) is 3.43. The van der Waals surface area contributed by atoms with Gasteiger partial charge in [-0.3, -0.25) is 4.79 Å². The van der Waals surface area contributed by atoms with E-state index in [9.17, 15) is 14.4 Å². The number of carbonyl (C=O) groups excluding carboxylic acids is 3. The summed E-state index contributed by atoms with van der Waals surface area (Å²) in [6, 6.07) is 14.6. The van der Waals surface area contributed by atoms with Gasteiger partial charge in [0.05, 0.1) is 36.0 Å². The van der Waals surface area contributed by atoms with Crippen molar-refractivity contribution in [1.29, 1.82) is 0 Å². The molecule has 0 spiro atoms. The van der Waals surface area contributed by atoms with E-state index in [4.69, 9.17) is 30.5 Å². The maximum absolute atomic E-state index is 12.6. The van der Waals surface area contributed by atoms with E-state index in [1.807, 2.05) is 18.2 Å². The van der Waals surface area contributed by atoms with Gasteiger partial charge >= 0.3 is 12.0 Å². The highest BCUT2D eigenvalue weighted by Gasteiger charge is 2.32. The van der Waals surface area contributed by atoms with Crippen LogP contribution in [0.25, 0.3) is 0 Å². The number of urea groups is 1. The number of allylic oxidation sites excluding steroid dienone is 1. The second-order valence-electron chi connectivity index (χ2n) is 9.50. The van der Waals surface area contributed by atoms with Crippen LogP contribution in [0.3, 0.4) is 0 Å². The Morgan fingerprint density at radius 1 is 1.07 bits per heavy atom. The topological polar surface area (TPSA) is 137 Å². The normalized spacial score (nSPS) is 14.4. The first-order chi connectivity index (χ1) is 21.6. The minimum Gasteiger partial charge on any atom is -0.493 e. The van der Waals surface area contributed by atoms with Gasteiger partial charge in [0.15, 0.2) is 18.1 Å². The second-order valence-corrected chi connectivity index (χ2v) is 11.7. The Bertz CT molecular complexity index is 1650. The zero-order valence-corrected chi connectivity index (χ0v) is 28.3. The maximum atomic E-state index is 12.6. The summed E-state index contributed by atoms with van der Waals surface area (Å²) in [7, 11) is 1.44. The molecular formula is C31H29Br2ClN4O7. The molecule has 3 amide bonds. The smallest absolute Gasteiger partial charge is 0.338 e. The van der Waals surface area contributed by atoms with Crippen LogP contribution in [0.1, 0.15) is 36.6 Å². The van der Waals surface area contributed by atoms with E-state index in [-0.39, 0.29) is 24.5 Å². The Hall–Kier alpha value is -4.07. The summed E-state index contributed by atoms with van der Waals surface area (Å²) in [4.78, 5) is 37.4. The molecule has 0 radical (unpaired) electrons. The number of nitrogens with one attached hydrogen (secondary N) is 3. The summed E-state index contributed by atoms with van der Waals surface area (Å²) >= 11 is 12.9. The number of hydrogen-bond donors (Lipinski definition) is 3. The second kappa shape index (κ2) is 15.8. The summed E-state index contributed by atoms with van der Waals surface area (Å²) in [5, 5.41) is 10.0. The van der Waals surface area contributed by atoms with E-state index in [0.717, 1.165) is 10.0 Å². The lowest BCUT2D eigenvalue weighted by Crippen LogP contribution is -2.45. The standard InChI is InChI=1S/C31H29Br2ClN4O7/c1-4-43-30(40)27-17(2)36-31(41)37-28(27)19-7-10-24(25(12-19)42-3)44-16-26(39)38-35-14-20-11-21(32)13-23(33)29(20)45-15-18-5-8-22(34)9-6-18/h5-14,28H,4,15-16H2,1-3H3,(H,38,39)(H2,36,37,41)/b35-14+/t28-/m1/s1. The van der Waals surface area contributed by atoms with Crippen LogP contribution < -0.4 is 30.3 Å². The van der Waals surface area contributed by atoms with Crippen molar-refractivity contribution in [3.8, 4) is 17.2 Å². The molecule has 3 N–H and O–H groups in total. The zero-order valence-electron chi connectivity index (χ0n) is 24.4. The summed E-state index contributed by atoms with van der Waals surface area (Å²) in [5.41, 5.74) is 5.18. The third-order valence-electron chi connectivity index (χ3n) is 6.37. The van der Waals surface area contributed by atoms with Crippen LogP contribution in [0.15, 0.2) is 79.9 Å². The van der Waals surface area contributed by atoms with Crippen LogP contribution in [0.2, 0.25) is 5.02 Å². The predicted octanol–water partition coefficient (Wildman–Crippen LogP) is 6.17. The molecular weight excluding hydrogens is 736 g/mol. The molecule has 3 aromatic rings. The van der Waals surface area contributed by atoms with Gasteiger partial charge in [-0.15, -0.1) is 0 Å². The van der Waals surface area contributed by atoms with Crippen molar-refractivity contribution in [2.75, 3.05) is 20.3 Å². The lowest BCUT2D eigenvalue weighted by molar-refractivity contribution is -0.139. The molecule has 3 aromatic carbocycles. The van der Waals surface area contributed by atoms with Crippen molar-refractivity contribution in [2.45, 2.75) is 26.5 Å². The molecule has 0 bridgehead atoms. The number of amides is 3. The van der Waals surface area contributed by atoms with E-state index in [1.54, 1.807) is 50.2 Å². The van der Waals surface area contributed by atoms with E-state index < -0.39 is 23.9 Å². The van der Waals surface area contributed by atoms with Gasteiger partial charge in [0, 0.05) is 20.8 Å². The van der Waals surface area contributed by atoms with E-state index in [2.05, 4.69) is 53.0 Å². The Morgan fingerprint density at radius 2 is 1.82 bits per heavy atom. The Balaban J connectivity index is 1.41. The fourth-order valence-electron chi connectivity index (χ4n) is 4.32. The number of hydrazone groups is 1. The summed E-state index contributed by atoms with van der Waals surface area (Å²) < 4.78 is 23.8. The number of rotatable bonds is 12. The molecule has 1 aliphatic heterocycles. The van der Waals surface area contributed by atoms with Crippen LogP contribution >= 0.6 is 43.5 Å². The molecule has 14 heteroatoms. The Labute approximate surface area is 281 Å². The lowest BCUT2D eigenvalue weighted by Gasteiger charge is -2.28. The van der Waals surface area contributed by atoms with Crippen molar-refractivity contribution in [3.63, 3.8) is 0 Å². The van der Waals surface area contributed by atoms with Gasteiger partial charge in [-0.1, -0.05) is 45.7 Å². The highest BCUT2D eigenvalue weighted by molar-refractivity contribution is 9.11. The monoisotopic (exact) mass is 762 g/mol. The molecule has 236 valence electrons. The fourth-order valence-corrected chi connectivity index (χ4v) is 5.82. The molecule has 11 nitrogen and oxygen atoms in total. The number of benzene rings is 3. The van der Waals surface area contributed by atoms with Gasteiger partial charge in [-0.05, 0) is 77.3 Å². The SMILES string of the molecule is CCOC(=O)C1=C(C)NC(=O)N[C@@H]1c1ccc(OCC(=O)N/N=C/c2cc(Br)cc(Br)c2OCc2ccc(Cl)cc2)c(OC)c1. The lowest BCUT2D eigenvalue weighted by atomic mass is 9.95. The number of hydrogen-bond acceptors (Lipinski definition) is 8. The van der Waals surface area contributed by atoms with Crippen molar-refractivity contribution >= 4 is 67.6 Å². The molecule has 0 unspecified atom stereocenters. The van der Waals surface area contributed by atoms with Gasteiger partial charge in [0.2, 0.25) is 0 Å². The molecule has 1 heterocycles. The van der Waals surface area contributed by atoms with Gasteiger partial charge in [0.25, 0.3) is 5.91 Å². The quantitative estimate of drug-likeness (QED) is 0.114. The largest absolute Gasteiger partial charge is 0.493 e. The van der Waals surface area contributed by atoms with Crippen molar-refractivity contribution in [1.82, 2.24) is 16.1 Å². The van der Waals surface area contributed by atoms with Crippen LogP contribution in [-0.2, 0) is 20.9 Å². The van der Waals surface area contributed by atoms with Gasteiger partial charge in [-0.25, -0.2) is 15.0 Å². The molecule has 0 aromatic heterocycles. The zero-order chi connectivity index (χ0) is 32.5. The Kier molecular flexibility index (Phi) is 11.9. The van der Waals surface area contributed by atoms with Gasteiger partial charge < -0.3 is 29.6 Å². The first kappa shape index (κ1) is 33.8. The van der Waals surface area contributed by atoms with Crippen LogP contribution in [0.5, 0.6) is 17.2 Å². The highest BCUT2D eigenvalue weighted by Crippen LogP contribution is 2.35. The molecule has 0 saturated heterocycles. The number of nitrogens with zero attached hydrogens (tertiary/aromatic N) is 1. The summed E-state index contributed by atoms with van der Waals surface area (Å²) in [6.07, 6.45) is 1.46. The maximum Gasteiger partial charge on any atom is 0.338 e. The van der Waals surface area contributed by atoms with Gasteiger partial charge in [0.1, 0.15) is 12.4 Å². The van der Waals surface area contributed by atoms with E-state index in [0.29, 0.717) is 44.4 Å². The first-order valence-electron chi connectivity index (χ1n) is 13.5. The molecule has 1 aliphatic rings. The van der Waals surface area contributed by atoms with Gasteiger partial charge in [-0.2, -0.15) is 5.10 Å². The van der Waals surface area contributed by atoms with Crippen molar-refractivity contribution in [2.24, 2.45) is 5.10 Å².